The number of hydrogen-bond donors (Lipinski definition) is 2. The lowest BCUT2D eigenvalue weighted by Crippen LogP contribution is -2.21. The van der Waals surface area contributed by atoms with Gasteiger partial charge in [-0.3, -0.25) is 0 Å². The maximum Gasteiger partial charge on any atom is 0.336 e. The van der Waals surface area contributed by atoms with Gasteiger partial charge in [-0.2, -0.15) is 0 Å². The molecule has 0 fully saturated rings. The van der Waals surface area contributed by atoms with Crippen LogP contribution >= 0.6 is 0 Å². The topological polar surface area (TPSA) is 74.6 Å². The van der Waals surface area contributed by atoms with Gasteiger partial charge >= 0.3 is 11.9 Å². The number of benzene rings is 2. The molecule has 0 atom stereocenters. The Morgan fingerprint density at radius 3 is 1.50 bits per heavy atom. The molecule has 1 aliphatic rings. The summed E-state index contributed by atoms with van der Waals surface area (Å²) < 4.78 is 0. The summed E-state index contributed by atoms with van der Waals surface area (Å²) in [6.07, 6.45) is 1.28. The molecule has 0 amide bonds. The number of carbonyl (C=O) groups is 2. The lowest BCUT2D eigenvalue weighted by molar-refractivity contribution is 0.0680. The van der Waals surface area contributed by atoms with Crippen LogP contribution in [0.5, 0.6) is 0 Å². The average molecular weight is 242 g/mol. The number of carboxylic acid groups (broad SMARTS) is 2. The monoisotopic (exact) mass is 242 g/mol. The van der Waals surface area contributed by atoms with Crippen molar-refractivity contribution in [3.05, 3.63) is 46.5 Å². The zero-order chi connectivity index (χ0) is 12.9. The van der Waals surface area contributed by atoms with Crippen LogP contribution in [0.1, 0.15) is 31.8 Å². The molecule has 0 saturated carbocycles. The molecule has 0 unspecified atom stereocenters. The molecule has 4 heteroatoms. The summed E-state index contributed by atoms with van der Waals surface area (Å²) in [6.45, 7) is 0. The first-order valence-corrected chi connectivity index (χ1v) is 5.64. The molecule has 3 rings (SSSR count). The van der Waals surface area contributed by atoms with Crippen LogP contribution in [0, 0.1) is 0 Å². The molecule has 2 aromatic carbocycles. The quantitative estimate of drug-likeness (QED) is 0.847. The van der Waals surface area contributed by atoms with Crippen molar-refractivity contribution in [1.82, 2.24) is 0 Å². The predicted octanol–water partition coefficient (Wildman–Crippen LogP) is 2.33. The highest BCUT2D eigenvalue weighted by molar-refractivity contribution is 6.13. The highest BCUT2D eigenvalue weighted by Crippen LogP contribution is 2.37. The summed E-state index contributed by atoms with van der Waals surface area (Å²) in [5.74, 6) is -1.97. The molecule has 0 aliphatic heterocycles. The van der Waals surface area contributed by atoms with E-state index in [1.807, 2.05) is 0 Å². The van der Waals surface area contributed by atoms with Gasteiger partial charge in [-0.1, -0.05) is 24.3 Å². The summed E-state index contributed by atoms with van der Waals surface area (Å²) in [5.41, 5.74) is 1.88. The van der Waals surface area contributed by atoms with E-state index in [1.165, 1.54) is 0 Å². The SMILES string of the molecule is O=C(O)c1c2c(c(C(=O)O)c3ccccc13)CC2. The van der Waals surface area contributed by atoms with Gasteiger partial charge in [0, 0.05) is 0 Å². The smallest absolute Gasteiger partial charge is 0.336 e. The summed E-state index contributed by atoms with van der Waals surface area (Å²) in [7, 11) is 0. The second-order valence-corrected chi connectivity index (χ2v) is 4.36. The van der Waals surface area contributed by atoms with E-state index in [2.05, 4.69) is 0 Å². The third-order valence-corrected chi connectivity index (χ3v) is 3.49. The van der Waals surface area contributed by atoms with Gasteiger partial charge in [0.05, 0.1) is 11.1 Å². The Labute approximate surface area is 102 Å². The van der Waals surface area contributed by atoms with Crippen molar-refractivity contribution in [2.45, 2.75) is 12.8 Å². The van der Waals surface area contributed by atoms with Gasteiger partial charge in [0.2, 0.25) is 0 Å². The maximum absolute atomic E-state index is 11.4. The lowest BCUT2D eigenvalue weighted by Gasteiger charge is -2.25. The van der Waals surface area contributed by atoms with Crippen molar-refractivity contribution < 1.29 is 19.8 Å². The molecule has 0 spiro atoms. The van der Waals surface area contributed by atoms with Crippen LogP contribution in [0.2, 0.25) is 0 Å². The van der Waals surface area contributed by atoms with Crippen LogP contribution in [0.25, 0.3) is 10.8 Å². The molecule has 18 heavy (non-hydrogen) atoms. The van der Waals surface area contributed by atoms with E-state index in [9.17, 15) is 19.8 Å². The van der Waals surface area contributed by atoms with E-state index in [1.54, 1.807) is 24.3 Å². The summed E-state index contributed by atoms with van der Waals surface area (Å²) >= 11 is 0. The highest BCUT2D eigenvalue weighted by Gasteiger charge is 2.30. The van der Waals surface area contributed by atoms with Crippen molar-refractivity contribution >= 4 is 22.7 Å². The van der Waals surface area contributed by atoms with E-state index < -0.39 is 11.9 Å². The zero-order valence-electron chi connectivity index (χ0n) is 9.43. The van der Waals surface area contributed by atoms with E-state index in [-0.39, 0.29) is 11.1 Å². The van der Waals surface area contributed by atoms with Gasteiger partial charge in [-0.15, -0.1) is 0 Å². The van der Waals surface area contributed by atoms with Crippen molar-refractivity contribution in [2.24, 2.45) is 0 Å². The fraction of sp³-hybridized carbons (Fsp3) is 0.143. The van der Waals surface area contributed by atoms with Gasteiger partial charge in [0.1, 0.15) is 0 Å². The molecule has 0 heterocycles. The second kappa shape index (κ2) is 3.57. The first-order valence-electron chi connectivity index (χ1n) is 5.64. The van der Waals surface area contributed by atoms with Crippen molar-refractivity contribution in [2.75, 3.05) is 0 Å². The number of rotatable bonds is 2. The van der Waals surface area contributed by atoms with Crippen molar-refractivity contribution in [3.8, 4) is 0 Å². The lowest BCUT2D eigenvalue weighted by atomic mass is 9.78. The standard InChI is InChI=1S/C14H10O4/c15-13(16)11-7-3-1-2-4-8(7)12(14(17)18)10-6-5-9(10)11/h1-4H,5-6H2,(H,15,16)(H,17,18). The van der Waals surface area contributed by atoms with Crippen LogP contribution in [0.3, 0.4) is 0 Å². The van der Waals surface area contributed by atoms with Gasteiger partial charge in [-0.05, 0) is 34.7 Å². The highest BCUT2D eigenvalue weighted by atomic mass is 16.4. The van der Waals surface area contributed by atoms with Crippen LogP contribution < -0.4 is 0 Å². The van der Waals surface area contributed by atoms with Crippen molar-refractivity contribution in [3.63, 3.8) is 0 Å². The van der Waals surface area contributed by atoms with Gasteiger partial charge < -0.3 is 10.2 Å². The predicted molar refractivity (Wildman–Crippen MR) is 65.3 cm³/mol. The molecule has 4 nitrogen and oxygen atoms in total. The first-order chi connectivity index (χ1) is 8.61. The van der Waals surface area contributed by atoms with Gasteiger partial charge in [0.25, 0.3) is 0 Å². The Hall–Kier alpha value is -2.36. The minimum atomic E-state index is -0.987. The summed E-state index contributed by atoms with van der Waals surface area (Å²) in [5, 5.41) is 19.6. The minimum Gasteiger partial charge on any atom is -0.478 e. The molecule has 0 radical (unpaired) electrons. The zero-order valence-corrected chi connectivity index (χ0v) is 9.43. The average Bonchev–Trinajstić information content (AvgIpc) is 2.29. The Morgan fingerprint density at radius 1 is 0.833 bits per heavy atom. The van der Waals surface area contributed by atoms with Gasteiger partial charge in [0.15, 0.2) is 0 Å². The molecule has 0 bridgehead atoms. The molecule has 2 aromatic rings. The van der Waals surface area contributed by atoms with E-state index >= 15 is 0 Å². The Kier molecular flexibility index (Phi) is 2.13. The summed E-state index contributed by atoms with van der Waals surface area (Å²) in [4.78, 5) is 22.7. The number of fused-ring (bicyclic) bond motifs is 2. The van der Waals surface area contributed by atoms with E-state index in [0.29, 0.717) is 34.7 Å². The van der Waals surface area contributed by atoms with Crippen molar-refractivity contribution in [1.29, 1.82) is 0 Å². The third kappa shape index (κ3) is 1.26. The molecule has 90 valence electrons. The van der Waals surface area contributed by atoms with E-state index in [4.69, 9.17) is 0 Å². The van der Waals surface area contributed by atoms with Crippen LogP contribution in [0.15, 0.2) is 24.3 Å². The number of carboxylic acids is 2. The Bertz CT molecular complexity index is 640. The Morgan fingerprint density at radius 2 is 1.22 bits per heavy atom. The summed E-state index contributed by atoms with van der Waals surface area (Å²) in [6, 6.07) is 6.80. The van der Waals surface area contributed by atoms with Crippen LogP contribution in [0.4, 0.5) is 0 Å². The number of hydrogen-bond acceptors (Lipinski definition) is 2. The normalized spacial score (nSPS) is 12.9. The van der Waals surface area contributed by atoms with Crippen LogP contribution in [-0.4, -0.2) is 22.2 Å². The fourth-order valence-corrected chi connectivity index (χ4v) is 2.66. The molecule has 0 saturated heterocycles. The Balaban J connectivity index is 2.53. The molecular formula is C14H10O4. The fourth-order valence-electron chi connectivity index (χ4n) is 2.66. The second-order valence-electron chi connectivity index (χ2n) is 4.36. The first kappa shape index (κ1) is 10.8. The number of aromatic carboxylic acids is 2. The van der Waals surface area contributed by atoms with Gasteiger partial charge in [-0.25, -0.2) is 9.59 Å². The van der Waals surface area contributed by atoms with E-state index in [0.717, 1.165) is 0 Å². The third-order valence-electron chi connectivity index (χ3n) is 3.49. The maximum atomic E-state index is 11.4. The van der Waals surface area contributed by atoms with Crippen LogP contribution in [-0.2, 0) is 12.8 Å². The largest absolute Gasteiger partial charge is 0.478 e. The minimum absolute atomic E-state index is 0.261. The molecule has 2 N–H and O–H groups in total. The molecular weight excluding hydrogens is 232 g/mol. The molecule has 1 aliphatic carbocycles. The molecule has 0 aromatic heterocycles.